The van der Waals surface area contributed by atoms with Crippen LogP contribution >= 0.6 is 0 Å². The highest BCUT2D eigenvalue weighted by Gasteiger charge is 2.47. The van der Waals surface area contributed by atoms with Gasteiger partial charge >= 0.3 is 17.4 Å². The van der Waals surface area contributed by atoms with Crippen LogP contribution < -0.4 is 5.32 Å². The monoisotopic (exact) mass is 424 g/mol. The molecule has 1 saturated heterocycles. The lowest BCUT2D eigenvalue weighted by molar-refractivity contribution is -0.384. The van der Waals surface area contributed by atoms with Crippen molar-refractivity contribution in [3.63, 3.8) is 0 Å². The van der Waals surface area contributed by atoms with E-state index in [1.54, 1.807) is 0 Å². The zero-order valence-electron chi connectivity index (χ0n) is 14.1. The number of esters is 2. The van der Waals surface area contributed by atoms with Crippen molar-refractivity contribution in [2.24, 2.45) is 0 Å². The number of benzene rings is 1. The van der Waals surface area contributed by atoms with Gasteiger partial charge in [0.05, 0.1) is 9.82 Å². The van der Waals surface area contributed by atoms with Crippen LogP contribution in [0.1, 0.15) is 13.8 Å². The minimum absolute atomic E-state index is 0.199. The largest absolute Gasteiger partial charge is 0.501 e. The molecule has 1 N–H and O–H groups in total. The van der Waals surface area contributed by atoms with E-state index in [1.165, 1.54) is 13.8 Å². The molecule has 0 amide bonds. The minimum Gasteiger partial charge on any atom is -0.419 e. The lowest BCUT2D eigenvalue weighted by Gasteiger charge is -2.29. The van der Waals surface area contributed by atoms with E-state index in [2.05, 4.69) is 5.32 Å². The van der Waals surface area contributed by atoms with Crippen molar-refractivity contribution in [1.82, 2.24) is 0 Å². The maximum atomic E-state index is 12.6. The Morgan fingerprint density at radius 1 is 1.18 bits per heavy atom. The molecule has 0 aromatic heterocycles. The molecule has 1 aliphatic rings. The second kappa shape index (κ2) is 6.78. The number of rotatable bonds is 4. The Hall–Kier alpha value is -3.16. The van der Waals surface area contributed by atoms with Crippen molar-refractivity contribution >= 4 is 33.2 Å². The number of nitro benzene ring substituents is 1. The number of sulfone groups is 1. The van der Waals surface area contributed by atoms with Crippen molar-refractivity contribution in [3.05, 3.63) is 40.1 Å². The van der Waals surface area contributed by atoms with Crippen LogP contribution in [0, 0.1) is 10.1 Å². The lowest BCUT2D eigenvalue weighted by atomic mass is 10.2. The van der Waals surface area contributed by atoms with E-state index in [4.69, 9.17) is 9.47 Å². The summed E-state index contributed by atoms with van der Waals surface area (Å²) in [5.74, 6) is -3.73. The Bertz CT molecular complexity index is 976. The number of cyclic esters (lactones) is 2. The predicted octanol–water partition coefficient (Wildman–Crippen LogP) is 2.02. The number of ether oxygens (including phenoxy) is 2. The first-order chi connectivity index (χ1) is 12.7. The van der Waals surface area contributed by atoms with Crippen LogP contribution in [0.3, 0.4) is 0 Å². The Balaban J connectivity index is 2.41. The van der Waals surface area contributed by atoms with E-state index in [1.807, 2.05) is 0 Å². The van der Waals surface area contributed by atoms with Crippen molar-refractivity contribution in [2.75, 3.05) is 5.32 Å². The molecular weight excluding hydrogens is 413 g/mol. The number of halogens is 3. The SMILES string of the molecule is CC1(C)OC(=O)C(=CNc2ccc(S(=O)(=O)C(F)(F)F)cc2[N+](=O)[O-])C(=O)O1. The quantitative estimate of drug-likeness (QED) is 0.252. The van der Waals surface area contributed by atoms with E-state index in [0.29, 0.717) is 18.3 Å². The molecule has 1 aromatic carbocycles. The average molecular weight is 424 g/mol. The number of hydrogen-bond acceptors (Lipinski definition) is 9. The smallest absolute Gasteiger partial charge is 0.419 e. The number of alkyl halides is 3. The molecule has 0 spiro atoms. The highest BCUT2D eigenvalue weighted by molar-refractivity contribution is 7.92. The van der Waals surface area contributed by atoms with Gasteiger partial charge in [-0.1, -0.05) is 0 Å². The molecule has 0 radical (unpaired) electrons. The summed E-state index contributed by atoms with van der Waals surface area (Å²) < 4.78 is 70.2. The topological polar surface area (TPSA) is 142 Å². The van der Waals surface area contributed by atoms with Crippen LogP contribution in [0.25, 0.3) is 0 Å². The van der Waals surface area contributed by atoms with Gasteiger partial charge in [0.15, 0.2) is 5.57 Å². The third kappa shape index (κ3) is 4.05. The molecule has 0 saturated carbocycles. The number of nitrogens with zero attached hydrogens (tertiary/aromatic N) is 1. The molecule has 0 atom stereocenters. The van der Waals surface area contributed by atoms with Crippen molar-refractivity contribution in [2.45, 2.75) is 30.0 Å². The molecule has 152 valence electrons. The third-order valence-corrected chi connectivity index (χ3v) is 4.75. The fraction of sp³-hybridized carbons (Fsp3) is 0.286. The van der Waals surface area contributed by atoms with Crippen LogP contribution in [-0.2, 0) is 28.9 Å². The molecule has 28 heavy (non-hydrogen) atoms. The molecule has 1 aliphatic heterocycles. The fourth-order valence-electron chi connectivity index (χ4n) is 2.01. The summed E-state index contributed by atoms with van der Waals surface area (Å²) in [5.41, 5.74) is -7.84. The summed E-state index contributed by atoms with van der Waals surface area (Å²) in [5, 5.41) is 13.3. The van der Waals surface area contributed by atoms with E-state index < -0.39 is 59.8 Å². The van der Waals surface area contributed by atoms with E-state index in [9.17, 15) is 41.3 Å². The maximum absolute atomic E-state index is 12.6. The first-order valence-corrected chi connectivity index (χ1v) is 8.67. The Kier molecular flexibility index (Phi) is 5.12. The maximum Gasteiger partial charge on any atom is 0.501 e. The molecule has 14 heteroatoms. The summed E-state index contributed by atoms with van der Waals surface area (Å²) >= 11 is 0. The molecule has 1 aromatic rings. The summed E-state index contributed by atoms with van der Waals surface area (Å²) in [6.45, 7) is 2.58. The van der Waals surface area contributed by atoms with Gasteiger partial charge in [-0.25, -0.2) is 18.0 Å². The van der Waals surface area contributed by atoms with Crippen LogP contribution in [0.2, 0.25) is 0 Å². The molecule has 1 fully saturated rings. The van der Waals surface area contributed by atoms with Gasteiger partial charge < -0.3 is 14.8 Å². The van der Waals surface area contributed by atoms with Crippen LogP contribution in [0.5, 0.6) is 0 Å². The molecule has 1 heterocycles. The standard InChI is InChI=1S/C14H11F3N2O8S/c1-13(2)26-11(20)8(12(21)27-13)6-18-9-4-3-7(5-10(9)19(22)23)28(24,25)14(15,16)17/h3-6,18H,1-2H3. The number of anilines is 1. The molecular formula is C14H11F3N2O8S. The molecule has 0 aliphatic carbocycles. The Morgan fingerprint density at radius 3 is 2.18 bits per heavy atom. The van der Waals surface area contributed by atoms with Gasteiger partial charge in [0.1, 0.15) is 5.69 Å². The van der Waals surface area contributed by atoms with Gasteiger partial charge in [-0.05, 0) is 12.1 Å². The van der Waals surface area contributed by atoms with E-state index >= 15 is 0 Å². The van der Waals surface area contributed by atoms with Gasteiger partial charge in [-0.15, -0.1) is 0 Å². The van der Waals surface area contributed by atoms with Crippen molar-refractivity contribution in [1.29, 1.82) is 0 Å². The second-order valence-electron chi connectivity index (χ2n) is 5.77. The predicted molar refractivity (Wildman–Crippen MR) is 84.3 cm³/mol. The number of carbonyl (C=O) groups excluding carboxylic acids is 2. The molecule has 10 nitrogen and oxygen atoms in total. The Labute approximate surface area is 155 Å². The first kappa shape index (κ1) is 21.1. The number of carbonyl (C=O) groups is 2. The van der Waals surface area contributed by atoms with Crippen molar-refractivity contribution in [3.8, 4) is 0 Å². The highest BCUT2D eigenvalue weighted by atomic mass is 32.2. The van der Waals surface area contributed by atoms with Gasteiger partial charge in [-0.3, -0.25) is 10.1 Å². The fourth-order valence-corrected chi connectivity index (χ4v) is 2.79. The zero-order valence-corrected chi connectivity index (χ0v) is 14.9. The van der Waals surface area contributed by atoms with Crippen LogP contribution in [-0.4, -0.2) is 36.6 Å². The van der Waals surface area contributed by atoms with Gasteiger partial charge in [0.2, 0.25) is 0 Å². The normalized spacial score (nSPS) is 16.8. The number of hydrogen-bond donors (Lipinski definition) is 1. The number of nitrogens with one attached hydrogen (secondary N) is 1. The Morgan fingerprint density at radius 2 is 1.71 bits per heavy atom. The molecule has 0 bridgehead atoms. The van der Waals surface area contributed by atoms with Crippen LogP contribution in [0.4, 0.5) is 24.5 Å². The van der Waals surface area contributed by atoms with Gasteiger partial charge in [0, 0.05) is 26.1 Å². The van der Waals surface area contributed by atoms with Crippen molar-refractivity contribution < 1.29 is 45.6 Å². The van der Waals surface area contributed by atoms with E-state index in [-0.39, 0.29) is 6.07 Å². The molecule has 2 rings (SSSR count). The minimum atomic E-state index is -5.81. The van der Waals surface area contributed by atoms with Gasteiger partial charge in [0.25, 0.3) is 21.3 Å². The summed E-state index contributed by atoms with van der Waals surface area (Å²) in [7, 11) is -5.81. The zero-order chi connectivity index (χ0) is 21.5. The number of nitro groups is 1. The first-order valence-electron chi connectivity index (χ1n) is 7.19. The van der Waals surface area contributed by atoms with E-state index in [0.717, 1.165) is 0 Å². The summed E-state index contributed by atoms with van der Waals surface area (Å²) in [6.07, 6.45) is 0.695. The molecule has 0 unspecified atom stereocenters. The van der Waals surface area contributed by atoms with Crippen LogP contribution in [0.15, 0.2) is 34.9 Å². The lowest BCUT2D eigenvalue weighted by Crippen LogP contribution is -2.42. The second-order valence-corrected chi connectivity index (χ2v) is 7.71. The van der Waals surface area contributed by atoms with Gasteiger partial charge in [-0.2, -0.15) is 13.2 Å². The highest BCUT2D eigenvalue weighted by Crippen LogP contribution is 2.35. The summed E-state index contributed by atoms with van der Waals surface area (Å²) in [6, 6.07) is 1.36. The third-order valence-electron chi connectivity index (χ3n) is 3.27. The average Bonchev–Trinajstić information content (AvgIpc) is 2.51. The summed E-state index contributed by atoms with van der Waals surface area (Å²) in [4.78, 5) is 32.2.